The fraction of sp³-hybridized carbons (Fsp3) is 0.455. The van der Waals surface area contributed by atoms with Crippen LogP contribution in [0.15, 0.2) is 29.2 Å². The van der Waals surface area contributed by atoms with Gasteiger partial charge < -0.3 is 5.73 Å². The monoisotopic (exact) mass is 263 g/mol. The zero-order chi connectivity index (χ0) is 13.5. The van der Waals surface area contributed by atoms with E-state index in [2.05, 4.69) is 0 Å². The third-order valence-electron chi connectivity index (χ3n) is 2.45. The van der Waals surface area contributed by atoms with Crippen LogP contribution in [0.5, 0.6) is 0 Å². The first-order valence-corrected chi connectivity index (χ1v) is 6.83. The molecule has 0 spiro atoms. The number of halogens is 2. The first kappa shape index (κ1) is 14.1. The molecule has 17 heavy (non-hydrogen) atoms. The maximum Gasteiger partial charge on any atom is 0.290 e. The minimum absolute atomic E-state index is 0.00637. The lowest BCUT2D eigenvalue weighted by Crippen LogP contribution is -2.48. The van der Waals surface area contributed by atoms with Crippen LogP contribution in [0, 0.1) is 0 Å². The van der Waals surface area contributed by atoms with Gasteiger partial charge in [-0.1, -0.05) is 12.1 Å². The van der Waals surface area contributed by atoms with Gasteiger partial charge in [-0.05, 0) is 26.0 Å². The number of hydrogen-bond acceptors (Lipinski definition) is 3. The van der Waals surface area contributed by atoms with Crippen LogP contribution in [0.4, 0.5) is 8.78 Å². The molecule has 0 radical (unpaired) electrons. The Morgan fingerprint density at radius 3 is 1.82 bits per heavy atom. The molecule has 1 aromatic carbocycles. The summed E-state index contributed by atoms with van der Waals surface area (Å²) in [6, 6.07) is 4.49. The highest BCUT2D eigenvalue weighted by Crippen LogP contribution is 2.37. The van der Waals surface area contributed by atoms with Crippen molar-refractivity contribution in [3.05, 3.63) is 29.8 Å². The molecule has 3 nitrogen and oxygen atoms in total. The molecule has 6 heteroatoms. The fourth-order valence-corrected chi connectivity index (χ4v) is 1.91. The largest absolute Gasteiger partial charge is 0.320 e. The Balaban J connectivity index is 3.21. The van der Waals surface area contributed by atoms with E-state index in [0.717, 1.165) is 30.5 Å². The van der Waals surface area contributed by atoms with Crippen molar-refractivity contribution < 1.29 is 17.2 Å². The van der Waals surface area contributed by atoms with Gasteiger partial charge in [0.05, 0.1) is 10.4 Å². The Labute approximate surface area is 99.6 Å². The second kappa shape index (κ2) is 4.03. The Hall–Kier alpha value is -1.01. The summed E-state index contributed by atoms with van der Waals surface area (Å²) in [5.41, 5.74) is 3.40. The van der Waals surface area contributed by atoms with Gasteiger partial charge in [0.2, 0.25) is 0 Å². The number of alkyl halides is 2. The molecular weight excluding hydrogens is 248 g/mol. The summed E-state index contributed by atoms with van der Waals surface area (Å²) in [4.78, 5) is 0.00637. The lowest BCUT2D eigenvalue weighted by molar-refractivity contribution is -0.0673. The molecule has 0 unspecified atom stereocenters. The van der Waals surface area contributed by atoms with Gasteiger partial charge in [0, 0.05) is 11.8 Å². The molecule has 0 bridgehead atoms. The van der Waals surface area contributed by atoms with E-state index in [1.165, 1.54) is 13.8 Å². The Morgan fingerprint density at radius 1 is 1.12 bits per heavy atom. The minimum Gasteiger partial charge on any atom is -0.320 e. The topological polar surface area (TPSA) is 60.2 Å². The van der Waals surface area contributed by atoms with E-state index in [1.54, 1.807) is 0 Å². The van der Waals surface area contributed by atoms with Gasteiger partial charge in [0.1, 0.15) is 0 Å². The van der Waals surface area contributed by atoms with Crippen LogP contribution in [-0.4, -0.2) is 20.2 Å². The molecule has 0 saturated heterocycles. The highest BCUT2D eigenvalue weighted by molar-refractivity contribution is 7.90. The second-order valence-corrected chi connectivity index (χ2v) is 6.61. The zero-order valence-corrected chi connectivity index (χ0v) is 10.7. The lowest BCUT2D eigenvalue weighted by Gasteiger charge is -2.30. The van der Waals surface area contributed by atoms with Crippen LogP contribution in [0.3, 0.4) is 0 Å². The molecule has 0 aliphatic carbocycles. The molecular formula is C11H15F2NO2S. The van der Waals surface area contributed by atoms with Crippen molar-refractivity contribution in [2.75, 3.05) is 6.26 Å². The van der Waals surface area contributed by atoms with Gasteiger partial charge in [0.25, 0.3) is 5.92 Å². The normalized spacial score (nSPS) is 13.8. The number of sulfone groups is 1. The Kier molecular flexibility index (Phi) is 3.33. The first-order chi connectivity index (χ1) is 7.46. The van der Waals surface area contributed by atoms with Crippen molar-refractivity contribution in [1.82, 2.24) is 0 Å². The van der Waals surface area contributed by atoms with Gasteiger partial charge in [-0.2, -0.15) is 8.78 Å². The van der Waals surface area contributed by atoms with E-state index < -0.39 is 21.3 Å². The predicted molar refractivity (Wildman–Crippen MR) is 61.7 cm³/mol. The average molecular weight is 263 g/mol. The van der Waals surface area contributed by atoms with E-state index >= 15 is 0 Å². The maximum absolute atomic E-state index is 13.8. The highest BCUT2D eigenvalue weighted by atomic mass is 32.2. The van der Waals surface area contributed by atoms with Gasteiger partial charge in [-0.25, -0.2) is 8.42 Å². The molecule has 0 aromatic heterocycles. The summed E-state index contributed by atoms with van der Waals surface area (Å²) in [7, 11) is -3.38. The Morgan fingerprint density at radius 2 is 1.53 bits per heavy atom. The quantitative estimate of drug-likeness (QED) is 0.906. The van der Waals surface area contributed by atoms with Crippen molar-refractivity contribution in [1.29, 1.82) is 0 Å². The van der Waals surface area contributed by atoms with Crippen LogP contribution in [0.1, 0.15) is 19.4 Å². The van der Waals surface area contributed by atoms with Crippen molar-refractivity contribution in [3.8, 4) is 0 Å². The molecule has 0 saturated carbocycles. The molecule has 0 heterocycles. The molecule has 0 atom stereocenters. The van der Waals surface area contributed by atoms with Crippen LogP contribution < -0.4 is 5.73 Å². The minimum atomic E-state index is -3.38. The summed E-state index contributed by atoms with van der Waals surface area (Å²) in [5, 5.41) is 0. The summed E-state index contributed by atoms with van der Waals surface area (Å²) in [5.74, 6) is -3.22. The molecule has 1 rings (SSSR count). The van der Waals surface area contributed by atoms with Crippen LogP contribution in [-0.2, 0) is 15.8 Å². The van der Waals surface area contributed by atoms with E-state index in [4.69, 9.17) is 5.73 Å². The molecule has 0 aliphatic rings. The lowest BCUT2D eigenvalue weighted by atomic mass is 9.91. The third kappa shape index (κ3) is 2.81. The average Bonchev–Trinajstić information content (AvgIpc) is 2.15. The zero-order valence-electron chi connectivity index (χ0n) is 9.87. The van der Waals surface area contributed by atoms with E-state index in [0.29, 0.717) is 0 Å². The van der Waals surface area contributed by atoms with Crippen molar-refractivity contribution >= 4 is 9.84 Å². The molecule has 96 valence electrons. The Bertz CT molecular complexity index is 501. The first-order valence-electron chi connectivity index (χ1n) is 4.93. The SMILES string of the molecule is CC(C)(N)C(F)(F)c1ccc(S(C)(=O)=O)cc1. The highest BCUT2D eigenvalue weighted by Gasteiger charge is 2.45. The van der Waals surface area contributed by atoms with E-state index in [9.17, 15) is 17.2 Å². The number of rotatable bonds is 3. The van der Waals surface area contributed by atoms with Gasteiger partial charge in [-0.15, -0.1) is 0 Å². The third-order valence-corrected chi connectivity index (χ3v) is 3.58. The predicted octanol–water partition coefficient (Wildman–Crippen LogP) is 1.92. The van der Waals surface area contributed by atoms with Crippen molar-refractivity contribution in [2.24, 2.45) is 5.73 Å². The molecule has 1 aromatic rings. The maximum atomic E-state index is 13.8. The van der Waals surface area contributed by atoms with Crippen LogP contribution in [0.2, 0.25) is 0 Å². The van der Waals surface area contributed by atoms with Gasteiger partial charge in [0.15, 0.2) is 9.84 Å². The van der Waals surface area contributed by atoms with Crippen molar-refractivity contribution in [3.63, 3.8) is 0 Å². The van der Waals surface area contributed by atoms with Gasteiger partial charge in [-0.3, -0.25) is 0 Å². The van der Waals surface area contributed by atoms with Crippen LogP contribution in [0.25, 0.3) is 0 Å². The molecule has 0 amide bonds. The molecule has 2 N–H and O–H groups in total. The van der Waals surface area contributed by atoms with Gasteiger partial charge >= 0.3 is 0 Å². The smallest absolute Gasteiger partial charge is 0.290 e. The summed E-state index contributed by atoms with van der Waals surface area (Å²) in [6.45, 7) is 2.44. The van der Waals surface area contributed by atoms with E-state index in [1.807, 2.05) is 0 Å². The standard InChI is InChI=1S/C11H15F2NO2S/c1-10(2,14)11(12,13)8-4-6-9(7-5-8)17(3,15)16/h4-7H,14H2,1-3H3. The number of nitrogens with two attached hydrogens (primary N) is 1. The molecule has 0 aliphatic heterocycles. The number of hydrogen-bond donors (Lipinski definition) is 1. The summed E-state index contributed by atoms with van der Waals surface area (Å²) in [6.07, 6.45) is 1.02. The number of benzene rings is 1. The van der Waals surface area contributed by atoms with Crippen molar-refractivity contribution in [2.45, 2.75) is 30.2 Å². The van der Waals surface area contributed by atoms with Crippen LogP contribution >= 0.6 is 0 Å². The molecule has 0 fully saturated rings. The fourth-order valence-electron chi connectivity index (χ4n) is 1.28. The summed E-state index contributed by atoms with van der Waals surface area (Å²) >= 11 is 0. The summed E-state index contributed by atoms with van der Waals surface area (Å²) < 4.78 is 50.0. The second-order valence-electron chi connectivity index (χ2n) is 4.59. The van der Waals surface area contributed by atoms with E-state index in [-0.39, 0.29) is 10.5 Å².